The van der Waals surface area contributed by atoms with Crippen LogP contribution in [0.4, 0.5) is 0 Å². The number of nitrogens with zero attached hydrogens (tertiary/aromatic N) is 1. The fourth-order valence-electron chi connectivity index (χ4n) is 5.56. The van der Waals surface area contributed by atoms with Crippen LogP contribution in [-0.4, -0.2) is 0 Å². The van der Waals surface area contributed by atoms with E-state index in [4.69, 9.17) is 0 Å². The largest absolute Gasteiger partial charge is 0.197 e. The average molecular weight is 444 g/mol. The van der Waals surface area contributed by atoms with E-state index in [0.717, 1.165) is 18.8 Å². The molecule has 1 heteroatoms. The van der Waals surface area contributed by atoms with Gasteiger partial charge in [0.05, 0.1) is 11.5 Å². The van der Waals surface area contributed by atoms with Crippen LogP contribution >= 0.6 is 0 Å². The summed E-state index contributed by atoms with van der Waals surface area (Å²) in [5.41, 5.74) is 4.92. The molecular formula is C32H45N. The number of unbranched alkanes of at least 4 members (excludes halogenated alkanes) is 7. The summed E-state index contributed by atoms with van der Waals surface area (Å²) in [5, 5.41) is 10.1. The number of aryl methyl sites for hydroxylation is 1. The standard InChI is InChI=1S/C32H45N/c1-3-5-7-9-11-12-27-14-16-29(17-15-27)30-18-20-31(21-19-30)32(26-33)24-22-28(23-25-32)13-10-8-6-4-2/h14-21,28H,3-13,22-25H2,1-2H3. The number of benzene rings is 2. The van der Waals surface area contributed by atoms with Gasteiger partial charge in [-0.25, -0.2) is 0 Å². The molecule has 0 aliphatic heterocycles. The fourth-order valence-corrected chi connectivity index (χ4v) is 5.56. The molecule has 33 heavy (non-hydrogen) atoms. The van der Waals surface area contributed by atoms with Crippen molar-refractivity contribution in [1.29, 1.82) is 5.26 Å². The normalized spacial score (nSPS) is 20.5. The Morgan fingerprint density at radius 3 is 1.85 bits per heavy atom. The van der Waals surface area contributed by atoms with Crippen LogP contribution in [-0.2, 0) is 11.8 Å². The maximum atomic E-state index is 10.1. The molecule has 0 N–H and O–H groups in total. The van der Waals surface area contributed by atoms with Crippen LogP contribution in [0.15, 0.2) is 48.5 Å². The molecule has 178 valence electrons. The predicted octanol–water partition coefficient (Wildman–Crippen LogP) is 9.79. The maximum absolute atomic E-state index is 10.1. The molecule has 0 radical (unpaired) electrons. The Kier molecular flexibility index (Phi) is 10.5. The topological polar surface area (TPSA) is 23.8 Å². The highest BCUT2D eigenvalue weighted by atomic mass is 14.4. The molecule has 1 aliphatic carbocycles. The lowest BCUT2D eigenvalue weighted by Crippen LogP contribution is -2.30. The highest BCUT2D eigenvalue weighted by molar-refractivity contribution is 5.64. The van der Waals surface area contributed by atoms with Crippen LogP contribution < -0.4 is 0 Å². The summed E-state index contributed by atoms with van der Waals surface area (Å²) in [6.07, 6.45) is 19.1. The van der Waals surface area contributed by atoms with E-state index in [2.05, 4.69) is 68.4 Å². The van der Waals surface area contributed by atoms with Crippen LogP contribution in [0.3, 0.4) is 0 Å². The van der Waals surface area contributed by atoms with Crippen LogP contribution in [0.5, 0.6) is 0 Å². The van der Waals surface area contributed by atoms with Crippen molar-refractivity contribution >= 4 is 0 Å². The SMILES string of the molecule is CCCCCCCc1ccc(-c2ccc(C3(C#N)CCC(CCCCCC)CC3)cc2)cc1. The van der Waals surface area contributed by atoms with Crippen molar-refractivity contribution in [2.45, 2.75) is 116 Å². The Bertz CT molecular complexity index is 832. The van der Waals surface area contributed by atoms with Gasteiger partial charge in [0.15, 0.2) is 0 Å². The number of rotatable bonds is 13. The summed E-state index contributed by atoms with van der Waals surface area (Å²) in [6, 6.07) is 20.7. The van der Waals surface area contributed by atoms with E-state index in [1.54, 1.807) is 0 Å². The van der Waals surface area contributed by atoms with Crippen LogP contribution in [0.1, 0.15) is 115 Å². The number of hydrogen-bond acceptors (Lipinski definition) is 1. The average Bonchev–Trinajstić information content (AvgIpc) is 2.87. The minimum absolute atomic E-state index is 0.278. The molecule has 0 unspecified atom stereocenters. The fraction of sp³-hybridized carbons (Fsp3) is 0.594. The van der Waals surface area contributed by atoms with E-state index in [1.807, 2.05) is 0 Å². The molecule has 0 saturated heterocycles. The van der Waals surface area contributed by atoms with Crippen molar-refractivity contribution in [3.05, 3.63) is 59.7 Å². The molecular weight excluding hydrogens is 398 g/mol. The highest BCUT2D eigenvalue weighted by Crippen LogP contribution is 2.43. The molecule has 0 amide bonds. The second-order valence-corrected chi connectivity index (χ2v) is 10.4. The van der Waals surface area contributed by atoms with Crippen LogP contribution in [0.2, 0.25) is 0 Å². The van der Waals surface area contributed by atoms with Gasteiger partial charge < -0.3 is 0 Å². The lowest BCUT2D eigenvalue weighted by atomic mass is 9.66. The molecule has 0 spiro atoms. The van der Waals surface area contributed by atoms with E-state index in [9.17, 15) is 5.26 Å². The number of hydrogen-bond donors (Lipinski definition) is 0. The quantitative estimate of drug-likeness (QED) is 0.283. The summed E-state index contributed by atoms with van der Waals surface area (Å²) in [6.45, 7) is 4.55. The van der Waals surface area contributed by atoms with Crippen molar-refractivity contribution in [2.75, 3.05) is 0 Å². The third-order valence-electron chi connectivity index (χ3n) is 7.93. The zero-order valence-corrected chi connectivity index (χ0v) is 21.2. The van der Waals surface area contributed by atoms with Gasteiger partial charge in [-0.15, -0.1) is 0 Å². The Hall–Kier alpha value is -2.07. The summed E-state index contributed by atoms with van der Waals surface area (Å²) >= 11 is 0. The third-order valence-corrected chi connectivity index (χ3v) is 7.93. The molecule has 1 nitrogen and oxygen atoms in total. The maximum Gasteiger partial charge on any atom is 0.0822 e. The van der Waals surface area contributed by atoms with Crippen molar-refractivity contribution in [3.8, 4) is 17.2 Å². The van der Waals surface area contributed by atoms with Gasteiger partial charge >= 0.3 is 0 Å². The lowest BCUT2D eigenvalue weighted by molar-refractivity contribution is 0.261. The van der Waals surface area contributed by atoms with E-state index < -0.39 is 0 Å². The molecule has 0 bridgehead atoms. The van der Waals surface area contributed by atoms with Gasteiger partial charge in [-0.2, -0.15) is 5.26 Å². The molecule has 0 heterocycles. The molecule has 3 rings (SSSR count). The molecule has 0 atom stereocenters. The summed E-state index contributed by atoms with van der Waals surface area (Å²) in [7, 11) is 0. The summed E-state index contributed by atoms with van der Waals surface area (Å²) in [4.78, 5) is 0. The van der Waals surface area contributed by atoms with E-state index in [-0.39, 0.29) is 5.41 Å². The first-order valence-electron chi connectivity index (χ1n) is 13.8. The number of nitriles is 1. The van der Waals surface area contributed by atoms with E-state index in [0.29, 0.717) is 0 Å². The van der Waals surface area contributed by atoms with Gasteiger partial charge in [-0.1, -0.05) is 120 Å². The monoisotopic (exact) mass is 443 g/mol. The Labute approximate surface area is 203 Å². The van der Waals surface area contributed by atoms with E-state index >= 15 is 0 Å². The zero-order chi connectivity index (χ0) is 23.4. The first-order chi connectivity index (χ1) is 16.2. The molecule has 2 aromatic carbocycles. The van der Waals surface area contributed by atoms with Gasteiger partial charge in [0.25, 0.3) is 0 Å². The van der Waals surface area contributed by atoms with Crippen LogP contribution in [0.25, 0.3) is 11.1 Å². The zero-order valence-electron chi connectivity index (χ0n) is 21.2. The minimum atomic E-state index is -0.278. The molecule has 2 aromatic rings. The molecule has 1 fully saturated rings. The molecule has 1 saturated carbocycles. The molecule has 0 aromatic heterocycles. The predicted molar refractivity (Wildman–Crippen MR) is 142 cm³/mol. The third kappa shape index (κ3) is 7.46. The Balaban J connectivity index is 1.54. The van der Waals surface area contributed by atoms with Gasteiger partial charge in [-0.3, -0.25) is 0 Å². The highest BCUT2D eigenvalue weighted by Gasteiger charge is 2.36. The smallest absolute Gasteiger partial charge is 0.0822 e. The Morgan fingerprint density at radius 1 is 0.727 bits per heavy atom. The van der Waals surface area contributed by atoms with Crippen molar-refractivity contribution in [2.24, 2.45) is 5.92 Å². The minimum Gasteiger partial charge on any atom is -0.197 e. The van der Waals surface area contributed by atoms with Gasteiger partial charge in [0, 0.05) is 0 Å². The first kappa shape index (κ1) is 25.6. The lowest BCUT2D eigenvalue weighted by Gasteiger charge is -2.35. The van der Waals surface area contributed by atoms with Gasteiger partial charge in [0.1, 0.15) is 0 Å². The van der Waals surface area contributed by atoms with Crippen molar-refractivity contribution in [3.63, 3.8) is 0 Å². The van der Waals surface area contributed by atoms with Gasteiger partial charge in [-0.05, 0) is 66.7 Å². The first-order valence-corrected chi connectivity index (χ1v) is 13.8. The van der Waals surface area contributed by atoms with Gasteiger partial charge in [0.2, 0.25) is 0 Å². The second-order valence-electron chi connectivity index (χ2n) is 10.4. The van der Waals surface area contributed by atoms with E-state index in [1.165, 1.54) is 106 Å². The second kappa shape index (κ2) is 13.6. The Morgan fingerprint density at radius 2 is 1.27 bits per heavy atom. The van der Waals surface area contributed by atoms with Crippen molar-refractivity contribution in [1.82, 2.24) is 0 Å². The van der Waals surface area contributed by atoms with Crippen molar-refractivity contribution < 1.29 is 0 Å². The summed E-state index contributed by atoms with van der Waals surface area (Å²) < 4.78 is 0. The summed E-state index contributed by atoms with van der Waals surface area (Å²) in [5.74, 6) is 0.827. The van der Waals surface area contributed by atoms with Crippen LogP contribution in [0, 0.1) is 17.2 Å². The molecule has 1 aliphatic rings.